The van der Waals surface area contributed by atoms with E-state index in [2.05, 4.69) is 12.2 Å². The van der Waals surface area contributed by atoms with Crippen LogP contribution in [0.1, 0.15) is 45.4 Å². The molecular weight excluding hydrogens is 174 g/mol. The van der Waals surface area contributed by atoms with Gasteiger partial charge < -0.3 is 10.1 Å². The fourth-order valence-corrected chi connectivity index (χ4v) is 2.24. The molecule has 0 radical (unpaired) electrons. The molecule has 0 amide bonds. The van der Waals surface area contributed by atoms with Gasteiger partial charge in [-0.1, -0.05) is 13.3 Å². The Kier molecular flexibility index (Phi) is 3.82. The van der Waals surface area contributed by atoms with Gasteiger partial charge in [-0.25, -0.2) is 0 Å². The van der Waals surface area contributed by atoms with Crippen LogP contribution in [0.3, 0.4) is 0 Å². The minimum absolute atomic E-state index is 0.533. The van der Waals surface area contributed by atoms with Gasteiger partial charge in [0.2, 0.25) is 0 Å². The minimum Gasteiger partial charge on any atom is -0.378 e. The van der Waals surface area contributed by atoms with Crippen molar-refractivity contribution < 1.29 is 4.74 Å². The second-order valence-corrected chi connectivity index (χ2v) is 4.85. The van der Waals surface area contributed by atoms with Crippen molar-refractivity contribution in [1.82, 2.24) is 5.32 Å². The molecule has 1 N–H and O–H groups in total. The molecule has 0 aromatic carbocycles. The molecule has 0 aromatic rings. The summed E-state index contributed by atoms with van der Waals surface area (Å²) in [5, 5.41) is 3.69. The van der Waals surface area contributed by atoms with Crippen molar-refractivity contribution in [1.29, 1.82) is 0 Å². The van der Waals surface area contributed by atoms with Gasteiger partial charge in [-0.3, -0.25) is 0 Å². The van der Waals surface area contributed by atoms with Gasteiger partial charge in [-0.2, -0.15) is 0 Å². The van der Waals surface area contributed by atoms with Crippen molar-refractivity contribution in [2.75, 3.05) is 13.2 Å². The van der Waals surface area contributed by atoms with Gasteiger partial charge in [0.05, 0.1) is 6.10 Å². The second kappa shape index (κ2) is 5.13. The van der Waals surface area contributed by atoms with Crippen LogP contribution in [-0.2, 0) is 4.74 Å². The normalized spacial score (nSPS) is 33.2. The lowest BCUT2D eigenvalue weighted by atomic mass is 10.00. The highest BCUT2D eigenvalue weighted by Gasteiger charge is 2.25. The van der Waals surface area contributed by atoms with Crippen LogP contribution in [0.25, 0.3) is 0 Å². The van der Waals surface area contributed by atoms with Crippen molar-refractivity contribution in [2.24, 2.45) is 5.92 Å². The molecule has 2 rings (SSSR count). The number of rotatable bonds is 5. The Bertz CT molecular complexity index is 166. The fourth-order valence-electron chi connectivity index (χ4n) is 2.24. The zero-order valence-electron chi connectivity index (χ0n) is 9.30. The van der Waals surface area contributed by atoms with Crippen LogP contribution in [-0.4, -0.2) is 25.3 Å². The highest BCUT2D eigenvalue weighted by Crippen LogP contribution is 2.28. The summed E-state index contributed by atoms with van der Waals surface area (Å²) in [6.45, 7) is 4.46. The molecule has 2 atom stereocenters. The highest BCUT2D eigenvalue weighted by atomic mass is 16.5. The molecular formula is C12H23NO. The smallest absolute Gasteiger partial charge is 0.0589 e. The summed E-state index contributed by atoms with van der Waals surface area (Å²) in [5.74, 6) is 1.00. The van der Waals surface area contributed by atoms with Gasteiger partial charge in [0.25, 0.3) is 0 Å². The first-order valence-electron chi connectivity index (χ1n) is 6.23. The number of hydrogen-bond acceptors (Lipinski definition) is 2. The Morgan fingerprint density at radius 3 is 2.86 bits per heavy atom. The first-order valence-corrected chi connectivity index (χ1v) is 6.23. The van der Waals surface area contributed by atoms with E-state index < -0.39 is 0 Å². The summed E-state index contributed by atoms with van der Waals surface area (Å²) in [6, 6.07) is 0.737. The van der Waals surface area contributed by atoms with Crippen LogP contribution in [0, 0.1) is 5.92 Å². The van der Waals surface area contributed by atoms with E-state index in [4.69, 9.17) is 4.74 Å². The Morgan fingerprint density at radius 1 is 1.29 bits per heavy atom. The van der Waals surface area contributed by atoms with Gasteiger partial charge >= 0.3 is 0 Å². The molecule has 1 saturated heterocycles. The Morgan fingerprint density at radius 2 is 2.14 bits per heavy atom. The van der Waals surface area contributed by atoms with E-state index in [9.17, 15) is 0 Å². The van der Waals surface area contributed by atoms with Gasteiger partial charge in [0.1, 0.15) is 0 Å². The molecule has 2 fully saturated rings. The summed E-state index contributed by atoms with van der Waals surface area (Å²) >= 11 is 0. The molecule has 0 spiro atoms. The van der Waals surface area contributed by atoms with Crippen LogP contribution in [0.5, 0.6) is 0 Å². The lowest BCUT2D eigenvalue weighted by Crippen LogP contribution is -2.39. The first kappa shape index (κ1) is 10.4. The summed E-state index contributed by atoms with van der Waals surface area (Å²) in [7, 11) is 0. The molecule has 2 aliphatic rings. The second-order valence-electron chi connectivity index (χ2n) is 4.85. The van der Waals surface area contributed by atoms with Crippen molar-refractivity contribution in [3.05, 3.63) is 0 Å². The zero-order valence-corrected chi connectivity index (χ0v) is 9.30. The third-order valence-electron chi connectivity index (χ3n) is 3.37. The average Bonchev–Trinajstić information content (AvgIpc) is 2.99. The van der Waals surface area contributed by atoms with Crippen LogP contribution >= 0.6 is 0 Å². The maximum Gasteiger partial charge on any atom is 0.0589 e. The van der Waals surface area contributed by atoms with Crippen molar-refractivity contribution in [3.8, 4) is 0 Å². The maximum absolute atomic E-state index is 5.73. The van der Waals surface area contributed by atoms with Crippen LogP contribution in [0.15, 0.2) is 0 Å². The van der Waals surface area contributed by atoms with E-state index >= 15 is 0 Å². The van der Waals surface area contributed by atoms with Crippen molar-refractivity contribution in [3.63, 3.8) is 0 Å². The van der Waals surface area contributed by atoms with E-state index in [1.807, 2.05) is 0 Å². The van der Waals surface area contributed by atoms with Crippen molar-refractivity contribution in [2.45, 2.75) is 57.6 Å². The molecule has 0 aromatic heterocycles. The van der Waals surface area contributed by atoms with Crippen LogP contribution in [0.4, 0.5) is 0 Å². The number of hydrogen-bond donors (Lipinski definition) is 1. The third kappa shape index (κ3) is 3.25. The minimum atomic E-state index is 0.533. The molecule has 2 unspecified atom stereocenters. The van der Waals surface area contributed by atoms with E-state index in [0.29, 0.717) is 6.10 Å². The Hall–Kier alpha value is -0.0800. The van der Waals surface area contributed by atoms with Crippen LogP contribution < -0.4 is 5.32 Å². The fraction of sp³-hybridized carbons (Fsp3) is 1.00. The SMILES string of the molecule is CCCC1CC(NCC2CC2)CCO1. The predicted molar refractivity (Wildman–Crippen MR) is 58.4 cm³/mol. The molecule has 1 saturated carbocycles. The Balaban J connectivity index is 1.64. The van der Waals surface area contributed by atoms with Gasteiger partial charge in [0, 0.05) is 12.6 Å². The largest absolute Gasteiger partial charge is 0.378 e. The molecule has 14 heavy (non-hydrogen) atoms. The average molecular weight is 197 g/mol. The number of ether oxygens (including phenoxy) is 1. The third-order valence-corrected chi connectivity index (χ3v) is 3.37. The lowest BCUT2D eigenvalue weighted by Gasteiger charge is -2.30. The van der Waals surface area contributed by atoms with E-state index in [1.54, 1.807) is 0 Å². The molecule has 2 nitrogen and oxygen atoms in total. The number of nitrogens with one attached hydrogen (secondary N) is 1. The Labute approximate surface area is 87.4 Å². The highest BCUT2D eigenvalue weighted by molar-refractivity contribution is 4.81. The summed E-state index contributed by atoms with van der Waals surface area (Å²) in [6.07, 6.45) is 8.38. The summed E-state index contributed by atoms with van der Waals surface area (Å²) < 4.78 is 5.73. The summed E-state index contributed by atoms with van der Waals surface area (Å²) in [5.41, 5.74) is 0. The first-order chi connectivity index (χ1) is 6.88. The van der Waals surface area contributed by atoms with E-state index in [0.717, 1.165) is 18.6 Å². The molecule has 2 heteroatoms. The monoisotopic (exact) mass is 197 g/mol. The topological polar surface area (TPSA) is 21.3 Å². The van der Waals surface area contributed by atoms with Crippen molar-refractivity contribution >= 4 is 0 Å². The van der Waals surface area contributed by atoms with E-state index in [1.165, 1.54) is 45.1 Å². The quantitative estimate of drug-likeness (QED) is 0.730. The molecule has 0 bridgehead atoms. The van der Waals surface area contributed by atoms with Gasteiger partial charge in [-0.05, 0) is 44.6 Å². The van der Waals surface area contributed by atoms with Gasteiger partial charge in [-0.15, -0.1) is 0 Å². The summed E-state index contributed by atoms with van der Waals surface area (Å²) in [4.78, 5) is 0. The van der Waals surface area contributed by atoms with Gasteiger partial charge in [0.15, 0.2) is 0 Å². The molecule has 82 valence electrons. The maximum atomic E-state index is 5.73. The predicted octanol–water partition coefficient (Wildman–Crippen LogP) is 2.33. The molecule has 1 heterocycles. The molecule has 1 aliphatic heterocycles. The lowest BCUT2D eigenvalue weighted by molar-refractivity contribution is -0.00324. The van der Waals surface area contributed by atoms with Crippen LogP contribution in [0.2, 0.25) is 0 Å². The van der Waals surface area contributed by atoms with E-state index in [-0.39, 0.29) is 0 Å². The zero-order chi connectivity index (χ0) is 9.80. The molecule has 1 aliphatic carbocycles. The standard InChI is InChI=1S/C12H23NO/c1-2-3-12-8-11(6-7-14-12)13-9-10-4-5-10/h10-13H,2-9H2,1H3.